The Balaban J connectivity index is 3.19. The Labute approximate surface area is 54.5 Å². The standard InChI is InChI=1S/C4H4BrNO2/c5-6-3(7)1-2-4(6)8/h1-2,7-8H. The van der Waals surface area contributed by atoms with Crippen LogP contribution in [0.3, 0.4) is 0 Å². The SMILES string of the molecule is Oc1ccc(O)n1Br. The summed E-state index contributed by atoms with van der Waals surface area (Å²) in [7, 11) is 0. The summed E-state index contributed by atoms with van der Waals surface area (Å²) in [6.45, 7) is 0. The predicted octanol–water partition coefficient (Wildman–Crippen LogP) is 1.06. The van der Waals surface area contributed by atoms with Gasteiger partial charge in [0.2, 0.25) is 11.8 Å². The summed E-state index contributed by atoms with van der Waals surface area (Å²) in [5, 5.41) is 17.4. The molecule has 0 aliphatic rings. The van der Waals surface area contributed by atoms with Crippen LogP contribution in [-0.4, -0.2) is 13.8 Å². The Kier molecular flexibility index (Phi) is 1.17. The van der Waals surface area contributed by atoms with Gasteiger partial charge in [-0.15, -0.1) is 0 Å². The molecule has 0 aliphatic carbocycles. The van der Waals surface area contributed by atoms with E-state index in [1.807, 2.05) is 0 Å². The highest BCUT2D eigenvalue weighted by atomic mass is 79.9. The van der Waals surface area contributed by atoms with Gasteiger partial charge >= 0.3 is 0 Å². The lowest BCUT2D eigenvalue weighted by Crippen LogP contribution is -1.72. The van der Waals surface area contributed by atoms with Gasteiger partial charge in [0.1, 0.15) is 0 Å². The molecular formula is C4H4BrNO2. The predicted molar refractivity (Wildman–Crippen MR) is 32.1 cm³/mol. The average Bonchev–Trinajstić information content (AvgIpc) is 1.98. The van der Waals surface area contributed by atoms with Crippen LogP contribution < -0.4 is 0 Å². The van der Waals surface area contributed by atoms with Gasteiger partial charge in [-0.25, -0.2) is 3.59 Å². The second kappa shape index (κ2) is 1.70. The van der Waals surface area contributed by atoms with E-state index < -0.39 is 0 Å². The first-order chi connectivity index (χ1) is 3.72. The molecule has 2 N–H and O–H groups in total. The lowest BCUT2D eigenvalue weighted by Gasteiger charge is -1.89. The highest BCUT2D eigenvalue weighted by molar-refractivity contribution is 9.08. The van der Waals surface area contributed by atoms with Crippen LogP contribution in [0.4, 0.5) is 0 Å². The van der Waals surface area contributed by atoms with Gasteiger partial charge in [-0.3, -0.25) is 0 Å². The van der Waals surface area contributed by atoms with Crippen molar-refractivity contribution in [3.63, 3.8) is 0 Å². The van der Waals surface area contributed by atoms with Crippen molar-refractivity contribution in [2.24, 2.45) is 0 Å². The zero-order valence-electron chi connectivity index (χ0n) is 3.87. The number of rotatable bonds is 0. The van der Waals surface area contributed by atoms with E-state index in [0.29, 0.717) is 0 Å². The van der Waals surface area contributed by atoms with Gasteiger partial charge in [-0.2, -0.15) is 0 Å². The molecule has 0 saturated carbocycles. The van der Waals surface area contributed by atoms with Crippen LogP contribution in [0.15, 0.2) is 12.1 Å². The normalized spacial score (nSPS) is 9.62. The number of aromatic nitrogens is 1. The Morgan fingerprint density at radius 1 is 1.25 bits per heavy atom. The Morgan fingerprint density at radius 2 is 1.62 bits per heavy atom. The molecule has 1 rings (SSSR count). The molecule has 0 fully saturated rings. The molecule has 0 amide bonds. The van der Waals surface area contributed by atoms with Crippen molar-refractivity contribution < 1.29 is 10.2 Å². The minimum absolute atomic E-state index is 0.0116. The molecule has 0 aliphatic heterocycles. The zero-order valence-corrected chi connectivity index (χ0v) is 5.46. The van der Waals surface area contributed by atoms with Crippen molar-refractivity contribution >= 4 is 16.1 Å². The smallest absolute Gasteiger partial charge is 0.204 e. The third kappa shape index (κ3) is 0.667. The van der Waals surface area contributed by atoms with Crippen LogP contribution in [-0.2, 0) is 0 Å². The van der Waals surface area contributed by atoms with E-state index in [0.717, 1.165) is 3.59 Å². The molecule has 1 heterocycles. The highest BCUT2D eigenvalue weighted by Gasteiger charge is 1.98. The molecule has 0 atom stereocenters. The Hall–Kier alpha value is -0.640. The van der Waals surface area contributed by atoms with Crippen LogP contribution in [0.2, 0.25) is 0 Å². The van der Waals surface area contributed by atoms with E-state index in [-0.39, 0.29) is 11.8 Å². The van der Waals surface area contributed by atoms with Gasteiger partial charge in [0, 0.05) is 12.1 Å². The average molecular weight is 178 g/mol. The molecule has 0 radical (unpaired) electrons. The lowest BCUT2D eigenvalue weighted by molar-refractivity contribution is 0.418. The zero-order chi connectivity index (χ0) is 6.15. The van der Waals surface area contributed by atoms with Crippen molar-refractivity contribution in [3.05, 3.63) is 12.1 Å². The number of hydrogen-bond donors (Lipinski definition) is 2. The third-order valence-electron chi connectivity index (χ3n) is 0.784. The maximum Gasteiger partial charge on any atom is 0.204 e. The van der Waals surface area contributed by atoms with Crippen molar-refractivity contribution in [2.45, 2.75) is 0 Å². The number of aromatic hydroxyl groups is 2. The first kappa shape index (κ1) is 5.50. The summed E-state index contributed by atoms with van der Waals surface area (Å²) >= 11 is 2.87. The summed E-state index contributed by atoms with van der Waals surface area (Å²) in [5.74, 6) is -0.0231. The van der Waals surface area contributed by atoms with E-state index in [2.05, 4.69) is 16.1 Å². The van der Waals surface area contributed by atoms with E-state index in [1.165, 1.54) is 12.1 Å². The maximum atomic E-state index is 8.70. The molecule has 0 spiro atoms. The van der Waals surface area contributed by atoms with Crippen molar-refractivity contribution in [1.82, 2.24) is 3.59 Å². The topological polar surface area (TPSA) is 45.4 Å². The van der Waals surface area contributed by atoms with Gasteiger partial charge in [0.05, 0.1) is 16.1 Å². The van der Waals surface area contributed by atoms with Gasteiger partial charge in [0.25, 0.3) is 0 Å². The van der Waals surface area contributed by atoms with Crippen LogP contribution >= 0.6 is 16.1 Å². The molecule has 44 valence electrons. The summed E-state index contributed by atoms with van der Waals surface area (Å²) in [6, 6.07) is 2.76. The largest absolute Gasteiger partial charge is 0.494 e. The van der Waals surface area contributed by atoms with Gasteiger partial charge in [-0.1, -0.05) is 0 Å². The van der Waals surface area contributed by atoms with Crippen molar-refractivity contribution in [2.75, 3.05) is 0 Å². The third-order valence-corrected chi connectivity index (χ3v) is 1.51. The van der Waals surface area contributed by atoms with E-state index in [4.69, 9.17) is 10.2 Å². The minimum Gasteiger partial charge on any atom is -0.494 e. The van der Waals surface area contributed by atoms with Gasteiger partial charge in [0.15, 0.2) is 0 Å². The molecule has 1 aromatic rings. The summed E-state index contributed by atoms with van der Waals surface area (Å²) in [6.07, 6.45) is 0. The first-order valence-electron chi connectivity index (χ1n) is 1.97. The molecule has 0 saturated heterocycles. The molecular weight excluding hydrogens is 174 g/mol. The Bertz CT molecular complexity index is 176. The van der Waals surface area contributed by atoms with Crippen LogP contribution in [0, 0.1) is 0 Å². The summed E-state index contributed by atoms with van der Waals surface area (Å²) in [5.41, 5.74) is 0. The number of nitrogens with zero attached hydrogens (tertiary/aromatic N) is 1. The first-order valence-corrected chi connectivity index (χ1v) is 2.68. The van der Waals surface area contributed by atoms with Crippen LogP contribution in [0.1, 0.15) is 0 Å². The summed E-state index contributed by atoms with van der Waals surface area (Å²) in [4.78, 5) is 0. The molecule has 4 heteroatoms. The van der Waals surface area contributed by atoms with Crippen molar-refractivity contribution in [3.8, 4) is 11.8 Å². The number of hydrogen-bond acceptors (Lipinski definition) is 2. The van der Waals surface area contributed by atoms with E-state index in [9.17, 15) is 0 Å². The minimum atomic E-state index is -0.0116. The number of halogens is 1. The lowest BCUT2D eigenvalue weighted by atomic mass is 10.6. The van der Waals surface area contributed by atoms with E-state index in [1.54, 1.807) is 0 Å². The highest BCUT2D eigenvalue weighted by Crippen LogP contribution is 2.22. The fourth-order valence-corrected chi connectivity index (χ4v) is 0.634. The molecule has 0 aromatic carbocycles. The Morgan fingerprint density at radius 3 is 1.75 bits per heavy atom. The molecule has 3 nitrogen and oxygen atoms in total. The summed E-state index contributed by atoms with van der Waals surface area (Å²) < 4.78 is 1.09. The second-order valence-corrected chi connectivity index (χ2v) is 2.04. The maximum absolute atomic E-state index is 8.70. The second-order valence-electron chi connectivity index (χ2n) is 1.33. The quantitative estimate of drug-likeness (QED) is 0.623. The van der Waals surface area contributed by atoms with E-state index >= 15 is 0 Å². The van der Waals surface area contributed by atoms with Gasteiger partial charge < -0.3 is 10.2 Å². The fourth-order valence-electron chi connectivity index (χ4n) is 0.397. The molecule has 1 aromatic heterocycles. The van der Waals surface area contributed by atoms with Crippen LogP contribution in [0.5, 0.6) is 11.8 Å². The fraction of sp³-hybridized carbons (Fsp3) is 0. The molecule has 0 unspecified atom stereocenters. The molecule has 8 heavy (non-hydrogen) atoms. The van der Waals surface area contributed by atoms with Crippen LogP contribution in [0.25, 0.3) is 0 Å². The van der Waals surface area contributed by atoms with Gasteiger partial charge in [-0.05, 0) is 0 Å². The molecule has 0 bridgehead atoms. The van der Waals surface area contributed by atoms with Crippen molar-refractivity contribution in [1.29, 1.82) is 0 Å². The monoisotopic (exact) mass is 177 g/mol.